The van der Waals surface area contributed by atoms with Crippen LogP contribution in [-0.4, -0.2) is 36.6 Å². The maximum Gasteiger partial charge on any atom is 0.185 e. The molecule has 5 nitrogen and oxygen atoms in total. The smallest absolute Gasteiger partial charge is 0.185 e. The van der Waals surface area contributed by atoms with Crippen LogP contribution in [0.4, 0.5) is 0 Å². The molecule has 0 bridgehead atoms. The van der Waals surface area contributed by atoms with Crippen molar-refractivity contribution in [2.24, 2.45) is 0 Å². The minimum Gasteiger partial charge on any atom is -0.374 e. The largest absolute Gasteiger partial charge is 0.374 e. The summed E-state index contributed by atoms with van der Waals surface area (Å²) >= 11 is 0. The lowest BCUT2D eigenvalue weighted by Crippen LogP contribution is -2.63. The molecule has 36 heavy (non-hydrogen) atoms. The van der Waals surface area contributed by atoms with E-state index in [9.17, 15) is 0 Å². The second-order valence-electron chi connectivity index (χ2n) is 9.65. The average Bonchev–Trinajstić information content (AvgIpc) is 2.93. The lowest BCUT2D eigenvalue weighted by Gasteiger charge is -2.52. The summed E-state index contributed by atoms with van der Waals surface area (Å²) in [6.07, 6.45) is 0.964. The molecular weight excluding hydrogens is 452 g/mol. The standard InChI is InChI=1S/C31H34O5/c1-3-26-29-27(35-30(34-26)25-17-11-6-12-18-25)19-28(33-21-24-15-9-5-10-16-24)31(2,36-29)22-32-20-23-13-7-4-8-14-23/h3-18,26-30H,1,19-22H2,2H3/t26-,27+,28-,29-,30-,31+/m1/s1. The molecule has 5 heteroatoms. The predicted octanol–water partition coefficient (Wildman–Crippen LogP) is 6.01. The van der Waals surface area contributed by atoms with Crippen LogP contribution in [0.25, 0.3) is 0 Å². The Bertz CT molecular complexity index is 1090. The molecule has 5 rings (SSSR count). The molecular formula is C31H34O5. The van der Waals surface area contributed by atoms with Gasteiger partial charge in [0.25, 0.3) is 0 Å². The summed E-state index contributed by atoms with van der Waals surface area (Å²) in [6, 6.07) is 30.3. The Morgan fingerprint density at radius 1 is 0.861 bits per heavy atom. The molecule has 2 saturated heterocycles. The number of ether oxygens (including phenoxy) is 5. The summed E-state index contributed by atoms with van der Waals surface area (Å²) in [7, 11) is 0. The van der Waals surface area contributed by atoms with Gasteiger partial charge in [0.15, 0.2) is 6.29 Å². The highest BCUT2D eigenvalue weighted by Gasteiger charge is 2.52. The lowest BCUT2D eigenvalue weighted by atomic mass is 9.86. The second-order valence-corrected chi connectivity index (χ2v) is 9.65. The van der Waals surface area contributed by atoms with Crippen molar-refractivity contribution in [1.29, 1.82) is 0 Å². The molecule has 2 aliphatic heterocycles. The summed E-state index contributed by atoms with van der Waals surface area (Å²) in [5.41, 5.74) is 2.53. The van der Waals surface area contributed by atoms with Crippen LogP contribution in [0.5, 0.6) is 0 Å². The number of rotatable bonds is 9. The highest BCUT2D eigenvalue weighted by Crippen LogP contribution is 2.42. The van der Waals surface area contributed by atoms with Crippen LogP contribution in [0.2, 0.25) is 0 Å². The van der Waals surface area contributed by atoms with Crippen molar-refractivity contribution >= 4 is 0 Å². The number of hydrogen-bond acceptors (Lipinski definition) is 5. The van der Waals surface area contributed by atoms with Gasteiger partial charge in [0.05, 0.1) is 32.0 Å². The fraction of sp³-hybridized carbons (Fsp3) is 0.355. The quantitative estimate of drug-likeness (QED) is 0.347. The fourth-order valence-electron chi connectivity index (χ4n) is 4.92. The van der Waals surface area contributed by atoms with Crippen LogP contribution in [0.3, 0.4) is 0 Å². The Kier molecular flexibility index (Phi) is 7.95. The Labute approximate surface area is 213 Å². The van der Waals surface area contributed by atoms with Gasteiger partial charge >= 0.3 is 0 Å². The molecule has 3 aromatic carbocycles. The van der Waals surface area contributed by atoms with E-state index in [1.807, 2.05) is 72.8 Å². The highest BCUT2D eigenvalue weighted by molar-refractivity contribution is 5.18. The summed E-state index contributed by atoms with van der Waals surface area (Å²) in [5, 5.41) is 0. The molecule has 6 atom stereocenters. The van der Waals surface area contributed by atoms with E-state index in [0.717, 1.165) is 16.7 Å². The highest BCUT2D eigenvalue weighted by atomic mass is 16.7. The van der Waals surface area contributed by atoms with E-state index in [1.165, 1.54) is 0 Å². The van der Waals surface area contributed by atoms with Gasteiger partial charge < -0.3 is 23.7 Å². The first-order valence-corrected chi connectivity index (χ1v) is 12.6. The van der Waals surface area contributed by atoms with E-state index < -0.39 is 11.9 Å². The van der Waals surface area contributed by atoms with Gasteiger partial charge in [-0.3, -0.25) is 0 Å². The second kappa shape index (κ2) is 11.5. The number of hydrogen-bond donors (Lipinski definition) is 0. The van der Waals surface area contributed by atoms with Crippen molar-refractivity contribution in [3.63, 3.8) is 0 Å². The van der Waals surface area contributed by atoms with Gasteiger partial charge in [-0.15, -0.1) is 6.58 Å². The van der Waals surface area contributed by atoms with Crippen LogP contribution in [0, 0.1) is 0 Å². The van der Waals surface area contributed by atoms with Crippen LogP contribution in [-0.2, 0) is 36.9 Å². The molecule has 0 unspecified atom stereocenters. The Balaban J connectivity index is 1.34. The van der Waals surface area contributed by atoms with Crippen molar-refractivity contribution in [3.05, 3.63) is 120 Å². The van der Waals surface area contributed by atoms with Gasteiger partial charge in [0, 0.05) is 12.0 Å². The van der Waals surface area contributed by atoms with Gasteiger partial charge in [0.1, 0.15) is 17.8 Å². The molecule has 0 N–H and O–H groups in total. The summed E-state index contributed by atoms with van der Waals surface area (Å²) in [5.74, 6) is 0. The topological polar surface area (TPSA) is 46.2 Å². The molecule has 0 spiro atoms. The SMILES string of the molecule is C=C[C@H]1O[C@@H](c2ccccc2)O[C@H]2C[C@@H](OCc3ccccc3)[C@](C)(COCc3ccccc3)O[C@@H]21. The Morgan fingerprint density at radius 3 is 2.11 bits per heavy atom. The van der Waals surface area contributed by atoms with Crippen LogP contribution >= 0.6 is 0 Å². The van der Waals surface area contributed by atoms with Gasteiger partial charge in [0.2, 0.25) is 0 Å². The van der Waals surface area contributed by atoms with Crippen molar-refractivity contribution in [2.45, 2.75) is 62.9 Å². The normalized spacial score (nSPS) is 29.9. The average molecular weight is 487 g/mol. The minimum atomic E-state index is -0.682. The fourth-order valence-corrected chi connectivity index (χ4v) is 4.92. The van der Waals surface area contributed by atoms with E-state index >= 15 is 0 Å². The molecule has 0 amide bonds. The number of benzene rings is 3. The third kappa shape index (κ3) is 5.77. The van der Waals surface area contributed by atoms with Crippen molar-refractivity contribution < 1.29 is 23.7 Å². The molecule has 0 radical (unpaired) electrons. The first-order valence-electron chi connectivity index (χ1n) is 12.6. The van der Waals surface area contributed by atoms with E-state index in [1.54, 1.807) is 0 Å². The monoisotopic (exact) mass is 486 g/mol. The molecule has 0 aliphatic carbocycles. The van der Waals surface area contributed by atoms with Crippen LogP contribution in [0.1, 0.15) is 36.3 Å². The van der Waals surface area contributed by atoms with E-state index in [0.29, 0.717) is 26.2 Å². The zero-order chi connectivity index (χ0) is 24.8. The summed E-state index contributed by atoms with van der Waals surface area (Å²) < 4.78 is 32.1. The summed E-state index contributed by atoms with van der Waals surface area (Å²) in [4.78, 5) is 0. The van der Waals surface area contributed by atoms with Crippen molar-refractivity contribution in [3.8, 4) is 0 Å². The van der Waals surface area contributed by atoms with Crippen LogP contribution in [0.15, 0.2) is 104 Å². The minimum absolute atomic E-state index is 0.199. The van der Waals surface area contributed by atoms with Crippen molar-refractivity contribution in [2.75, 3.05) is 6.61 Å². The van der Waals surface area contributed by atoms with E-state index in [-0.39, 0.29) is 24.4 Å². The molecule has 2 fully saturated rings. The maximum absolute atomic E-state index is 6.73. The van der Waals surface area contributed by atoms with Crippen LogP contribution < -0.4 is 0 Å². The van der Waals surface area contributed by atoms with Gasteiger partial charge in [-0.05, 0) is 18.1 Å². The summed E-state index contributed by atoms with van der Waals surface area (Å²) in [6.45, 7) is 7.47. The molecule has 2 heterocycles. The first kappa shape index (κ1) is 24.9. The lowest BCUT2D eigenvalue weighted by molar-refractivity contribution is -0.345. The van der Waals surface area contributed by atoms with Gasteiger partial charge in [-0.25, -0.2) is 0 Å². The first-order chi connectivity index (χ1) is 17.6. The van der Waals surface area contributed by atoms with E-state index in [4.69, 9.17) is 23.7 Å². The molecule has 2 aliphatic rings. The van der Waals surface area contributed by atoms with Crippen molar-refractivity contribution in [1.82, 2.24) is 0 Å². The van der Waals surface area contributed by atoms with E-state index in [2.05, 4.69) is 37.8 Å². The predicted molar refractivity (Wildman–Crippen MR) is 138 cm³/mol. The molecule has 3 aromatic rings. The Hall–Kier alpha value is -2.80. The third-order valence-electron chi connectivity index (χ3n) is 6.90. The maximum atomic E-state index is 6.73. The third-order valence-corrected chi connectivity index (χ3v) is 6.90. The molecule has 188 valence electrons. The molecule has 0 saturated carbocycles. The van der Waals surface area contributed by atoms with Gasteiger partial charge in [-0.2, -0.15) is 0 Å². The zero-order valence-electron chi connectivity index (χ0n) is 20.7. The molecule has 0 aromatic heterocycles. The number of fused-ring (bicyclic) bond motifs is 1. The Morgan fingerprint density at radius 2 is 1.47 bits per heavy atom. The zero-order valence-corrected chi connectivity index (χ0v) is 20.7. The van der Waals surface area contributed by atoms with Gasteiger partial charge in [-0.1, -0.05) is 97.1 Å².